The molecule has 1 aliphatic rings. The molecule has 0 aromatic heterocycles. The number of nitriles is 1. The molecule has 0 saturated heterocycles. The minimum absolute atomic E-state index is 0.00995. The van der Waals surface area contributed by atoms with Gasteiger partial charge in [0.2, 0.25) is 0 Å². The average molecular weight is 289 g/mol. The van der Waals surface area contributed by atoms with Gasteiger partial charge in [-0.05, 0) is 25.0 Å². The third-order valence-corrected chi connectivity index (χ3v) is 3.77. The van der Waals surface area contributed by atoms with Crippen molar-refractivity contribution in [3.8, 4) is 6.07 Å². The van der Waals surface area contributed by atoms with E-state index in [1.165, 1.54) is 12.1 Å². The van der Waals surface area contributed by atoms with Gasteiger partial charge in [0.1, 0.15) is 11.6 Å². The lowest BCUT2D eigenvalue weighted by Gasteiger charge is -2.29. The minimum Gasteiger partial charge on any atom is -0.481 e. The minimum atomic E-state index is -0.896. The van der Waals surface area contributed by atoms with E-state index in [2.05, 4.69) is 5.32 Å². The van der Waals surface area contributed by atoms with Gasteiger partial charge in [-0.2, -0.15) is 5.26 Å². The summed E-state index contributed by atoms with van der Waals surface area (Å²) in [6.45, 7) is 0. The molecule has 0 spiro atoms. The van der Waals surface area contributed by atoms with Gasteiger partial charge in [-0.1, -0.05) is 12.8 Å². The van der Waals surface area contributed by atoms with Gasteiger partial charge in [0.25, 0.3) is 5.69 Å². The summed E-state index contributed by atoms with van der Waals surface area (Å²) >= 11 is 0. The van der Waals surface area contributed by atoms with Crippen LogP contribution in [0, 0.1) is 21.4 Å². The molecule has 1 fully saturated rings. The first-order valence-corrected chi connectivity index (χ1v) is 6.64. The van der Waals surface area contributed by atoms with Crippen molar-refractivity contribution in [3.63, 3.8) is 0 Å². The number of nitro benzene ring substituents is 1. The summed E-state index contributed by atoms with van der Waals surface area (Å²) in [5, 5.41) is 32.0. The predicted octanol–water partition coefficient (Wildman–Crippen LogP) is 2.67. The number of nitro groups is 1. The van der Waals surface area contributed by atoms with Crippen molar-refractivity contribution >= 4 is 17.3 Å². The highest BCUT2D eigenvalue weighted by molar-refractivity contribution is 5.70. The molecule has 0 aliphatic heterocycles. The molecular weight excluding hydrogens is 274 g/mol. The van der Waals surface area contributed by atoms with Gasteiger partial charge in [0.05, 0.1) is 11.3 Å². The largest absolute Gasteiger partial charge is 0.481 e. The monoisotopic (exact) mass is 289 g/mol. The smallest absolute Gasteiger partial charge is 0.305 e. The van der Waals surface area contributed by atoms with Crippen LogP contribution in [0.5, 0.6) is 0 Å². The Balaban J connectivity index is 2.30. The summed E-state index contributed by atoms with van der Waals surface area (Å²) in [7, 11) is 0. The van der Waals surface area contributed by atoms with Gasteiger partial charge in [-0.25, -0.2) is 0 Å². The van der Waals surface area contributed by atoms with E-state index in [-0.39, 0.29) is 17.7 Å². The standard InChI is InChI=1S/C14H15N3O4/c15-9-10-3-4-11(7-12(10)17(20)21)16-14(8-13(18)19)5-1-2-6-14/h3-4,7,16H,1-2,5-6,8H2,(H,18,19). The zero-order valence-electron chi connectivity index (χ0n) is 11.3. The Labute approximate surface area is 121 Å². The highest BCUT2D eigenvalue weighted by Gasteiger charge is 2.36. The lowest BCUT2D eigenvalue weighted by Crippen LogP contribution is -2.37. The molecule has 1 aromatic rings. The number of hydrogen-bond donors (Lipinski definition) is 2. The van der Waals surface area contributed by atoms with Crippen molar-refractivity contribution in [1.29, 1.82) is 5.26 Å². The van der Waals surface area contributed by atoms with E-state index in [0.29, 0.717) is 18.5 Å². The molecule has 0 radical (unpaired) electrons. The van der Waals surface area contributed by atoms with Crippen LogP contribution in [0.2, 0.25) is 0 Å². The third kappa shape index (κ3) is 3.28. The molecular formula is C14H15N3O4. The van der Waals surface area contributed by atoms with Crippen LogP contribution in [-0.2, 0) is 4.79 Å². The maximum atomic E-state index is 11.0. The van der Waals surface area contributed by atoms with Gasteiger partial charge in [0, 0.05) is 17.3 Å². The summed E-state index contributed by atoms with van der Waals surface area (Å²) in [6, 6.07) is 6.02. The quantitative estimate of drug-likeness (QED) is 0.635. The first-order chi connectivity index (χ1) is 9.96. The summed E-state index contributed by atoms with van der Waals surface area (Å²) in [4.78, 5) is 21.4. The molecule has 0 heterocycles. The second-order valence-corrected chi connectivity index (χ2v) is 5.28. The van der Waals surface area contributed by atoms with Crippen LogP contribution in [0.15, 0.2) is 18.2 Å². The normalized spacial score (nSPS) is 16.1. The Morgan fingerprint density at radius 3 is 2.67 bits per heavy atom. The Hall–Kier alpha value is -2.62. The maximum Gasteiger partial charge on any atom is 0.305 e. The highest BCUT2D eigenvalue weighted by atomic mass is 16.6. The fraction of sp³-hybridized carbons (Fsp3) is 0.429. The second-order valence-electron chi connectivity index (χ2n) is 5.28. The van der Waals surface area contributed by atoms with E-state index in [1.54, 1.807) is 12.1 Å². The van der Waals surface area contributed by atoms with Crippen molar-refractivity contribution in [2.24, 2.45) is 0 Å². The van der Waals surface area contributed by atoms with E-state index in [9.17, 15) is 14.9 Å². The molecule has 0 unspecified atom stereocenters. The SMILES string of the molecule is N#Cc1ccc(NC2(CC(=O)O)CCCC2)cc1[N+](=O)[O-]. The molecule has 2 N–H and O–H groups in total. The molecule has 110 valence electrons. The summed E-state index contributed by atoms with van der Waals surface area (Å²) in [5.41, 5.74) is -0.368. The van der Waals surface area contributed by atoms with Crippen molar-refractivity contribution in [2.45, 2.75) is 37.6 Å². The number of carboxylic acid groups (broad SMARTS) is 1. The molecule has 0 atom stereocenters. The second kappa shape index (κ2) is 5.79. The fourth-order valence-electron chi connectivity index (χ4n) is 2.85. The summed E-state index contributed by atoms with van der Waals surface area (Å²) in [6.07, 6.45) is 3.26. The van der Waals surface area contributed by atoms with Gasteiger partial charge in [-0.15, -0.1) is 0 Å². The lowest BCUT2D eigenvalue weighted by atomic mass is 9.92. The molecule has 7 nitrogen and oxygen atoms in total. The van der Waals surface area contributed by atoms with Gasteiger partial charge in [0.15, 0.2) is 0 Å². The van der Waals surface area contributed by atoms with Crippen molar-refractivity contribution in [3.05, 3.63) is 33.9 Å². The number of hydrogen-bond acceptors (Lipinski definition) is 5. The Kier molecular flexibility index (Phi) is 4.08. The number of nitrogens with one attached hydrogen (secondary N) is 1. The third-order valence-electron chi connectivity index (χ3n) is 3.77. The fourth-order valence-corrected chi connectivity index (χ4v) is 2.85. The van der Waals surface area contributed by atoms with Crippen LogP contribution < -0.4 is 5.32 Å². The zero-order valence-corrected chi connectivity index (χ0v) is 11.3. The summed E-state index contributed by atoms with van der Waals surface area (Å²) in [5.74, 6) is -0.896. The lowest BCUT2D eigenvalue weighted by molar-refractivity contribution is -0.385. The number of nitrogens with zero attached hydrogens (tertiary/aromatic N) is 2. The molecule has 1 aliphatic carbocycles. The van der Waals surface area contributed by atoms with E-state index in [4.69, 9.17) is 10.4 Å². The molecule has 7 heteroatoms. The average Bonchev–Trinajstić information content (AvgIpc) is 2.85. The maximum absolute atomic E-state index is 11.0. The van der Waals surface area contributed by atoms with Crippen LogP contribution in [0.25, 0.3) is 0 Å². The number of anilines is 1. The van der Waals surface area contributed by atoms with Crippen molar-refractivity contribution in [1.82, 2.24) is 0 Å². The Morgan fingerprint density at radius 2 is 2.14 bits per heavy atom. The van der Waals surface area contributed by atoms with Crippen LogP contribution in [-0.4, -0.2) is 21.5 Å². The number of carbonyl (C=O) groups is 1. The van der Waals surface area contributed by atoms with Crippen LogP contribution >= 0.6 is 0 Å². The van der Waals surface area contributed by atoms with Crippen molar-refractivity contribution in [2.75, 3.05) is 5.32 Å². The Bertz CT molecular complexity index is 615. The van der Waals surface area contributed by atoms with Crippen LogP contribution in [0.3, 0.4) is 0 Å². The van der Waals surface area contributed by atoms with Crippen LogP contribution in [0.1, 0.15) is 37.7 Å². The number of aliphatic carboxylic acids is 1. The van der Waals surface area contributed by atoms with E-state index in [1.807, 2.05) is 0 Å². The van der Waals surface area contributed by atoms with Gasteiger partial charge < -0.3 is 10.4 Å². The highest BCUT2D eigenvalue weighted by Crippen LogP contribution is 2.36. The molecule has 0 amide bonds. The number of rotatable bonds is 5. The molecule has 1 saturated carbocycles. The number of benzene rings is 1. The van der Waals surface area contributed by atoms with Crippen molar-refractivity contribution < 1.29 is 14.8 Å². The van der Waals surface area contributed by atoms with Crippen LogP contribution in [0.4, 0.5) is 11.4 Å². The molecule has 21 heavy (non-hydrogen) atoms. The van der Waals surface area contributed by atoms with Gasteiger partial charge >= 0.3 is 5.97 Å². The zero-order chi connectivity index (χ0) is 15.5. The first-order valence-electron chi connectivity index (χ1n) is 6.64. The van der Waals surface area contributed by atoms with E-state index >= 15 is 0 Å². The number of carboxylic acids is 1. The topological polar surface area (TPSA) is 116 Å². The molecule has 0 bridgehead atoms. The Morgan fingerprint density at radius 1 is 1.48 bits per heavy atom. The molecule has 1 aromatic carbocycles. The molecule has 2 rings (SSSR count). The predicted molar refractivity (Wildman–Crippen MR) is 74.9 cm³/mol. The summed E-state index contributed by atoms with van der Waals surface area (Å²) < 4.78 is 0. The van der Waals surface area contributed by atoms with E-state index < -0.39 is 16.4 Å². The van der Waals surface area contributed by atoms with Gasteiger partial charge in [-0.3, -0.25) is 14.9 Å². The first kappa shape index (κ1) is 14.8. The van der Waals surface area contributed by atoms with E-state index in [0.717, 1.165) is 12.8 Å².